The highest BCUT2D eigenvalue weighted by Crippen LogP contribution is 2.08. The highest BCUT2D eigenvalue weighted by Gasteiger charge is 2.07. The zero-order valence-corrected chi connectivity index (χ0v) is 11.8. The number of hydrazine groups is 1. The van der Waals surface area contributed by atoms with Gasteiger partial charge in [-0.05, 0) is 26.8 Å². The molecule has 2 rings (SSSR count). The molecule has 0 spiro atoms. The molecular formula is C12H15N5OS. The van der Waals surface area contributed by atoms with Crippen molar-refractivity contribution in [2.75, 3.05) is 5.43 Å². The summed E-state index contributed by atoms with van der Waals surface area (Å²) >= 11 is 1.53. The van der Waals surface area contributed by atoms with Crippen LogP contribution in [-0.4, -0.2) is 20.9 Å². The molecule has 0 fully saturated rings. The van der Waals surface area contributed by atoms with E-state index in [1.807, 2.05) is 32.2 Å². The first-order valence-electron chi connectivity index (χ1n) is 5.81. The van der Waals surface area contributed by atoms with Gasteiger partial charge in [0.15, 0.2) is 0 Å². The predicted octanol–water partition coefficient (Wildman–Crippen LogP) is 1.54. The number of thiazole rings is 1. The molecule has 2 aromatic heterocycles. The minimum Gasteiger partial charge on any atom is -0.273 e. The van der Waals surface area contributed by atoms with Crippen molar-refractivity contribution in [3.05, 3.63) is 33.5 Å². The Balaban J connectivity index is 1.89. The Labute approximate surface area is 115 Å². The van der Waals surface area contributed by atoms with Crippen molar-refractivity contribution < 1.29 is 4.79 Å². The van der Waals surface area contributed by atoms with Gasteiger partial charge in [-0.15, -0.1) is 11.3 Å². The van der Waals surface area contributed by atoms with Crippen LogP contribution in [0.1, 0.15) is 22.1 Å². The molecule has 6 nitrogen and oxygen atoms in total. The molecule has 19 heavy (non-hydrogen) atoms. The molecule has 0 saturated carbocycles. The monoisotopic (exact) mass is 277 g/mol. The third-order valence-corrected chi connectivity index (χ3v) is 3.13. The fourth-order valence-electron chi connectivity index (χ4n) is 1.61. The lowest BCUT2D eigenvalue weighted by Crippen LogP contribution is -2.31. The van der Waals surface area contributed by atoms with Crippen LogP contribution in [0.15, 0.2) is 11.4 Å². The van der Waals surface area contributed by atoms with E-state index in [1.165, 1.54) is 11.3 Å². The first kappa shape index (κ1) is 13.4. The van der Waals surface area contributed by atoms with E-state index in [0.29, 0.717) is 5.95 Å². The lowest BCUT2D eigenvalue weighted by molar-refractivity contribution is -0.120. The van der Waals surface area contributed by atoms with Crippen LogP contribution < -0.4 is 10.9 Å². The second-order valence-electron chi connectivity index (χ2n) is 4.18. The largest absolute Gasteiger partial charge is 0.273 e. The van der Waals surface area contributed by atoms with Gasteiger partial charge < -0.3 is 0 Å². The molecule has 0 aromatic carbocycles. The van der Waals surface area contributed by atoms with Crippen molar-refractivity contribution in [2.24, 2.45) is 0 Å². The standard InChI is InChI=1S/C12H15N5OS/c1-7-4-8(2)14-12(13-7)17-16-11(18)5-10-6-19-9(3)15-10/h4,6H,5H2,1-3H3,(H,16,18)(H,13,14,17). The van der Waals surface area contributed by atoms with Crippen molar-refractivity contribution in [3.63, 3.8) is 0 Å². The summed E-state index contributed by atoms with van der Waals surface area (Å²) in [6, 6.07) is 1.87. The molecule has 0 aliphatic carbocycles. The van der Waals surface area contributed by atoms with Gasteiger partial charge in [0.2, 0.25) is 11.9 Å². The van der Waals surface area contributed by atoms with Crippen LogP contribution in [0.5, 0.6) is 0 Å². The molecule has 2 heterocycles. The van der Waals surface area contributed by atoms with Gasteiger partial charge in [0.1, 0.15) is 0 Å². The normalized spacial score (nSPS) is 10.3. The number of aryl methyl sites for hydroxylation is 3. The van der Waals surface area contributed by atoms with E-state index < -0.39 is 0 Å². The number of rotatable bonds is 4. The Morgan fingerprint density at radius 2 is 1.89 bits per heavy atom. The number of amides is 1. The van der Waals surface area contributed by atoms with E-state index >= 15 is 0 Å². The van der Waals surface area contributed by atoms with Crippen LogP contribution in [0.4, 0.5) is 5.95 Å². The van der Waals surface area contributed by atoms with Crippen LogP contribution in [0, 0.1) is 20.8 Å². The molecule has 2 N–H and O–H groups in total. The highest BCUT2D eigenvalue weighted by atomic mass is 32.1. The average Bonchev–Trinajstić information content (AvgIpc) is 2.71. The zero-order chi connectivity index (χ0) is 13.8. The van der Waals surface area contributed by atoms with E-state index in [9.17, 15) is 4.79 Å². The summed E-state index contributed by atoms with van der Waals surface area (Å²) in [4.78, 5) is 24.3. The second kappa shape index (κ2) is 5.75. The Morgan fingerprint density at radius 1 is 1.21 bits per heavy atom. The lowest BCUT2D eigenvalue weighted by atomic mass is 10.3. The maximum atomic E-state index is 11.7. The van der Waals surface area contributed by atoms with Crippen molar-refractivity contribution in [1.82, 2.24) is 20.4 Å². The molecule has 0 unspecified atom stereocenters. The number of nitrogens with zero attached hydrogens (tertiary/aromatic N) is 3. The average molecular weight is 277 g/mol. The third-order valence-electron chi connectivity index (χ3n) is 2.30. The quantitative estimate of drug-likeness (QED) is 0.829. The third kappa shape index (κ3) is 3.99. The fourth-order valence-corrected chi connectivity index (χ4v) is 2.22. The molecular weight excluding hydrogens is 262 g/mol. The highest BCUT2D eigenvalue weighted by molar-refractivity contribution is 7.09. The predicted molar refractivity (Wildman–Crippen MR) is 73.8 cm³/mol. The van der Waals surface area contributed by atoms with Gasteiger partial charge in [-0.3, -0.25) is 15.6 Å². The Morgan fingerprint density at radius 3 is 2.47 bits per heavy atom. The summed E-state index contributed by atoms with van der Waals surface area (Å²) in [5, 5.41) is 2.83. The molecule has 1 amide bonds. The topological polar surface area (TPSA) is 79.8 Å². The number of nitrogens with one attached hydrogen (secondary N) is 2. The fraction of sp³-hybridized carbons (Fsp3) is 0.333. The summed E-state index contributed by atoms with van der Waals surface area (Å²) in [6.45, 7) is 5.66. The molecule has 0 saturated heterocycles. The van der Waals surface area contributed by atoms with Crippen LogP contribution in [0.3, 0.4) is 0 Å². The van der Waals surface area contributed by atoms with Gasteiger partial charge >= 0.3 is 0 Å². The number of hydrogen-bond donors (Lipinski definition) is 2. The number of carbonyl (C=O) groups is 1. The number of carbonyl (C=O) groups excluding carboxylic acids is 1. The Bertz CT molecular complexity index is 575. The lowest BCUT2D eigenvalue weighted by Gasteiger charge is -2.07. The number of anilines is 1. The van der Waals surface area contributed by atoms with Gasteiger partial charge in [0, 0.05) is 16.8 Å². The van der Waals surface area contributed by atoms with Crippen molar-refractivity contribution >= 4 is 23.2 Å². The summed E-state index contributed by atoms with van der Waals surface area (Å²) in [6.07, 6.45) is 0.238. The summed E-state index contributed by atoms with van der Waals surface area (Å²) in [7, 11) is 0. The van der Waals surface area contributed by atoms with Gasteiger partial charge in [-0.25, -0.2) is 15.0 Å². The Kier molecular flexibility index (Phi) is 4.06. The first-order chi connectivity index (χ1) is 9.02. The number of aromatic nitrogens is 3. The van der Waals surface area contributed by atoms with Gasteiger partial charge in [0.25, 0.3) is 0 Å². The van der Waals surface area contributed by atoms with Crippen LogP contribution in [0.25, 0.3) is 0 Å². The van der Waals surface area contributed by atoms with Crippen molar-refractivity contribution in [3.8, 4) is 0 Å². The van der Waals surface area contributed by atoms with Crippen LogP contribution in [-0.2, 0) is 11.2 Å². The second-order valence-corrected chi connectivity index (χ2v) is 5.24. The van der Waals surface area contributed by atoms with E-state index in [4.69, 9.17) is 0 Å². The Hall–Kier alpha value is -2.02. The van der Waals surface area contributed by atoms with Crippen LogP contribution >= 0.6 is 11.3 Å². The molecule has 0 aliphatic heterocycles. The summed E-state index contributed by atoms with van der Waals surface area (Å²) in [5.41, 5.74) is 7.73. The molecule has 0 atom stereocenters. The van der Waals surface area contributed by atoms with Gasteiger partial charge in [-0.2, -0.15) is 0 Å². The molecule has 0 radical (unpaired) electrons. The van der Waals surface area contributed by atoms with E-state index in [0.717, 1.165) is 22.1 Å². The van der Waals surface area contributed by atoms with E-state index in [-0.39, 0.29) is 12.3 Å². The maximum Gasteiger partial charge on any atom is 0.244 e. The van der Waals surface area contributed by atoms with Gasteiger partial charge in [0.05, 0.1) is 17.1 Å². The SMILES string of the molecule is Cc1cc(C)nc(NNC(=O)Cc2csc(C)n2)n1. The van der Waals surface area contributed by atoms with E-state index in [1.54, 1.807) is 0 Å². The van der Waals surface area contributed by atoms with E-state index in [2.05, 4.69) is 25.8 Å². The van der Waals surface area contributed by atoms with Crippen molar-refractivity contribution in [1.29, 1.82) is 0 Å². The first-order valence-corrected chi connectivity index (χ1v) is 6.69. The van der Waals surface area contributed by atoms with Gasteiger partial charge in [-0.1, -0.05) is 0 Å². The summed E-state index contributed by atoms with van der Waals surface area (Å²) < 4.78 is 0. The van der Waals surface area contributed by atoms with Crippen molar-refractivity contribution in [2.45, 2.75) is 27.2 Å². The maximum absolute atomic E-state index is 11.7. The summed E-state index contributed by atoms with van der Waals surface area (Å²) in [5.74, 6) is 0.216. The minimum atomic E-state index is -0.173. The molecule has 0 bridgehead atoms. The molecule has 0 aliphatic rings. The molecule has 2 aromatic rings. The molecule has 7 heteroatoms. The smallest absolute Gasteiger partial charge is 0.244 e. The zero-order valence-electron chi connectivity index (χ0n) is 11.0. The number of hydrogen-bond acceptors (Lipinski definition) is 6. The minimum absolute atomic E-state index is 0.173. The van der Waals surface area contributed by atoms with Crippen LogP contribution in [0.2, 0.25) is 0 Å². The molecule has 100 valence electrons.